The van der Waals surface area contributed by atoms with Gasteiger partial charge in [-0.05, 0) is 212 Å². The van der Waals surface area contributed by atoms with Gasteiger partial charge in [0.25, 0.3) is 0 Å². The third-order valence-corrected chi connectivity index (χ3v) is 17.2. The lowest BCUT2D eigenvalue weighted by molar-refractivity contribution is 0.660. The van der Waals surface area contributed by atoms with Crippen molar-refractivity contribution < 1.29 is 0 Å². The van der Waals surface area contributed by atoms with E-state index in [-0.39, 0.29) is 10.8 Å². The average Bonchev–Trinajstić information content (AvgIpc) is 4.03. The minimum absolute atomic E-state index is 0.160. The second-order valence-electron chi connectivity index (χ2n) is 23.8. The minimum atomic E-state index is -0.160. The van der Waals surface area contributed by atoms with Crippen molar-refractivity contribution in [3.63, 3.8) is 0 Å². The topological polar surface area (TPSA) is 6.48 Å². The number of hydrogen-bond donors (Lipinski definition) is 0. The van der Waals surface area contributed by atoms with E-state index in [0.29, 0.717) is 0 Å². The van der Waals surface area contributed by atoms with Crippen LogP contribution in [0.15, 0.2) is 243 Å². The van der Waals surface area contributed by atoms with Crippen LogP contribution in [0.1, 0.15) is 94.5 Å². The van der Waals surface area contributed by atoms with Crippen molar-refractivity contribution in [2.45, 2.75) is 66.2 Å². The molecule has 11 aromatic carbocycles. The predicted octanol–water partition coefficient (Wildman–Crippen LogP) is 22.1. The van der Waals surface area contributed by atoms with Crippen molar-refractivity contribution in [1.29, 1.82) is 0 Å². The summed E-state index contributed by atoms with van der Waals surface area (Å²) in [5.74, 6) is 0. The van der Waals surface area contributed by atoms with E-state index in [0.717, 1.165) is 11.4 Å². The van der Waals surface area contributed by atoms with E-state index in [9.17, 15) is 0 Å². The van der Waals surface area contributed by atoms with Crippen LogP contribution < -0.4 is 9.80 Å². The van der Waals surface area contributed by atoms with E-state index in [4.69, 9.17) is 0 Å². The number of nitrogens with zero attached hydrogens (tertiary/aromatic N) is 2. The van der Waals surface area contributed by atoms with Crippen LogP contribution in [-0.2, 0) is 10.8 Å². The first-order valence-electron chi connectivity index (χ1n) is 28.9. The Labute approximate surface area is 485 Å². The zero-order valence-corrected chi connectivity index (χ0v) is 48.3. The van der Waals surface area contributed by atoms with Gasteiger partial charge in [0.2, 0.25) is 0 Å². The van der Waals surface area contributed by atoms with Crippen LogP contribution in [0.4, 0.5) is 34.1 Å². The molecular formula is C80H68N2. The number of fused-ring (bicyclic) bond motifs is 6. The van der Waals surface area contributed by atoms with Crippen molar-refractivity contribution in [1.82, 2.24) is 0 Å². The zero-order chi connectivity index (χ0) is 56.3. The summed E-state index contributed by atoms with van der Waals surface area (Å²) in [6.07, 6.45) is 8.97. The molecule has 82 heavy (non-hydrogen) atoms. The number of anilines is 6. The molecular weight excluding hydrogens is 989 g/mol. The van der Waals surface area contributed by atoms with Crippen LogP contribution in [0.5, 0.6) is 0 Å². The first kappa shape index (κ1) is 51.9. The van der Waals surface area contributed by atoms with E-state index >= 15 is 0 Å². The Kier molecular flexibility index (Phi) is 13.2. The average molecular weight is 1060 g/mol. The molecule has 0 aliphatic heterocycles. The molecule has 0 spiro atoms. The molecule has 0 heterocycles. The molecule has 0 radical (unpaired) electrons. The number of aryl methyl sites for hydroxylation is 4. The maximum atomic E-state index is 2.42. The van der Waals surface area contributed by atoms with Crippen LogP contribution in [0.25, 0.3) is 68.8 Å². The maximum absolute atomic E-state index is 2.42. The zero-order valence-electron chi connectivity index (χ0n) is 48.3. The summed E-state index contributed by atoms with van der Waals surface area (Å²) >= 11 is 0. The lowest BCUT2D eigenvalue weighted by Gasteiger charge is -2.28. The molecule has 0 amide bonds. The van der Waals surface area contributed by atoms with Crippen LogP contribution >= 0.6 is 0 Å². The third-order valence-electron chi connectivity index (χ3n) is 17.2. The first-order valence-corrected chi connectivity index (χ1v) is 28.9. The van der Waals surface area contributed by atoms with E-state index in [1.54, 1.807) is 0 Å². The van der Waals surface area contributed by atoms with Gasteiger partial charge in [0, 0.05) is 45.0 Å². The number of hydrogen-bond acceptors (Lipinski definition) is 2. The number of para-hydroxylation sites is 2. The van der Waals surface area contributed by atoms with Crippen LogP contribution in [-0.4, -0.2) is 0 Å². The normalized spacial score (nSPS) is 13.5. The van der Waals surface area contributed by atoms with E-state index in [1.807, 2.05) is 0 Å². The van der Waals surface area contributed by atoms with Gasteiger partial charge < -0.3 is 9.80 Å². The van der Waals surface area contributed by atoms with Crippen molar-refractivity contribution in [3.8, 4) is 44.5 Å². The van der Waals surface area contributed by atoms with Crippen molar-refractivity contribution in [3.05, 3.63) is 309 Å². The van der Waals surface area contributed by atoms with E-state index in [2.05, 4.69) is 332 Å². The Hall–Kier alpha value is -9.50. The highest BCUT2D eigenvalue weighted by molar-refractivity contribution is 5.89. The standard InChI is InChI=1S/C80H68N2/c1-53-43-54(2)46-69(45-53)81(65-15-11-9-12-16-65)67-37-41-73-71-39-27-59(49-75(71)79(5,6)77(73)51-67)21-19-57-23-29-61(30-24-57)63-33-35-64(36-34-63)62-31-25-58(26-32-62)20-22-60-28-40-72-74-42-38-68(52-78(74)80(7,8)76(72)50-60)82(66-17-13-10-14-18-66)70-47-55(3)44-56(4)48-70/h9-52H,1-8H3. The molecule has 2 nitrogen and oxygen atoms in total. The second kappa shape index (κ2) is 20.9. The molecule has 0 bridgehead atoms. The summed E-state index contributed by atoms with van der Waals surface area (Å²) < 4.78 is 0. The molecule has 0 unspecified atom stereocenters. The van der Waals surface area contributed by atoms with Gasteiger partial charge in [-0.1, -0.05) is 222 Å². The van der Waals surface area contributed by atoms with Gasteiger partial charge in [-0.15, -0.1) is 0 Å². The third kappa shape index (κ3) is 9.79. The summed E-state index contributed by atoms with van der Waals surface area (Å²) in [5.41, 5.74) is 32.0. The number of rotatable bonds is 12. The summed E-state index contributed by atoms with van der Waals surface area (Å²) in [7, 11) is 0. The second-order valence-corrected chi connectivity index (χ2v) is 23.8. The molecule has 398 valence electrons. The van der Waals surface area contributed by atoms with Crippen molar-refractivity contribution >= 4 is 58.4 Å². The molecule has 0 saturated carbocycles. The van der Waals surface area contributed by atoms with Gasteiger partial charge >= 0.3 is 0 Å². The molecule has 2 aliphatic rings. The predicted molar refractivity (Wildman–Crippen MR) is 351 cm³/mol. The first-order chi connectivity index (χ1) is 39.7. The molecule has 0 saturated heterocycles. The summed E-state index contributed by atoms with van der Waals surface area (Å²) in [6.45, 7) is 18.2. The Morgan fingerprint density at radius 1 is 0.244 bits per heavy atom. The monoisotopic (exact) mass is 1060 g/mol. The van der Waals surface area contributed by atoms with Gasteiger partial charge in [-0.3, -0.25) is 0 Å². The Morgan fingerprint density at radius 3 is 0.866 bits per heavy atom. The van der Waals surface area contributed by atoms with Crippen LogP contribution in [0, 0.1) is 27.7 Å². The van der Waals surface area contributed by atoms with Crippen LogP contribution in [0.2, 0.25) is 0 Å². The summed E-state index contributed by atoms with van der Waals surface area (Å²) in [4.78, 5) is 4.79. The fourth-order valence-corrected chi connectivity index (χ4v) is 13.0. The van der Waals surface area contributed by atoms with Crippen molar-refractivity contribution in [2.24, 2.45) is 0 Å². The Morgan fingerprint density at radius 2 is 0.524 bits per heavy atom. The van der Waals surface area contributed by atoms with Gasteiger partial charge in [0.15, 0.2) is 0 Å². The highest BCUT2D eigenvalue weighted by Crippen LogP contribution is 2.53. The Balaban J connectivity index is 0.663. The Bertz CT molecular complexity index is 3950. The molecule has 11 aromatic rings. The molecule has 0 fully saturated rings. The molecule has 13 rings (SSSR count). The smallest absolute Gasteiger partial charge is 0.0466 e. The molecule has 2 heteroatoms. The molecule has 0 atom stereocenters. The lowest BCUT2D eigenvalue weighted by atomic mass is 9.81. The highest BCUT2D eigenvalue weighted by atomic mass is 15.1. The highest BCUT2D eigenvalue weighted by Gasteiger charge is 2.38. The lowest BCUT2D eigenvalue weighted by Crippen LogP contribution is -2.16. The van der Waals surface area contributed by atoms with Gasteiger partial charge in [-0.2, -0.15) is 0 Å². The van der Waals surface area contributed by atoms with Gasteiger partial charge in [0.1, 0.15) is 0 Å². The fraction of sp³-hybridized carbons (Fsp3) is 0.125. The molecule has 0 aromatic heterocycles. The van der Waals surface area contributed by atoms with Crippen LogP contribution in [0.3, 0.4) is 0 Å². The summed E-state index contributed by atoms with van der Waals surface area (Å²) in [6, 6.07) is 89.9. The van der Waals surface area contributed by atoms with E-state index in [1.165, 1.54) is 134 Å². The van der Waals surface area contributed by atoms with Crippen molar-refractivity contribution in [2.75, 3.05) is 9.80 Å². The molecule has 0 N–H and O–H groups in total. The SMILES string of the molecule is Cc1cc(C)cc(N(c2ccccc2)c2ccc3c(c2)C(C)(C)c2cc(C=Cc4ccc(-c5ccc(-c6ccc(C=Cc7ccc8c(c7)C(C)(C)c7cc(N(c9ccccc9)c9cc(C)cc(C)c9)ccc7-8)cc6)cc5)cc4)ccc2-3)c1. The number of benzene rings is 11. The molecule has 2 aliphatic carbocycles. The maximum Gasteiger partial charge on any atom is 0.0466 e. The van der Waals surface area contributed by atoms with Gasteiger partial charge in [0.05, 0.1) is 0 Å². The van der Waals surface area contributed by atoms with E-state index < -0.39 is 0 Å². The fourth-order valence-electron chi connectivity index (χ4n) is 13.0. The summed E-state index contributed by atoms with van der Waals surface area (Å²) in [5, 5.41) is 0. The quantitative estimate of drug-likeness (QED) is 0.113. The minimum Gasteiger partial charge on any atom is -0.310 e. The van der Waals surface area contributed by atoms with Gasteiger partial charge in [-0.25, -0.2) is 0 Å². The largest absolute Gasteiger partial charge is 0.310 e.